The van der Waals surface area contributed by atoms with Crippen molar-refractivity contribution >= 4 is 23.3 Å². The molecule has 0 radical (unpaired) electrons. The largest absolute Gasteiger partial charge is 0.384 e. The second-order valence-corrected chi connectivity index (χ2v) is 6.01. The zero-order valence-corrected chi connectivity index (χ0v) is 13.3. The van der Waals surface area contributed by atoms with E-state index in [1.54, 1.807) is 6.07 Å². The summed E-state index contributed by atoms with van der Waals surface area (Å²) < 4.78 is 13.9. The Bertz CT molecular complexity index is 648. The van der Waals surface area contributed by atoms with Crippen LogP contribution in [-0.2, 0) is 0 Å². The van der Waals surface area contributed by atoms with Gasteiger partial charge in [0.1, 0.15) is 11.5 Å². The van der Waals surface area contributed by atoms with Gasteiger partial charge in [-0.2, -0.15) is 4.99 Å². The molecule has 0 aromatic heterocycles. The van der Waals surface area contributed by atoms with Crippen LogP contribution >= 0.6 is 0 Å². The Balaban J connectivity index is 2.12. The smallest absolute Gasteiger partial charge is 0.220 e. The number of nitrogens with two attached hydrogens (primary N) is 2. The molecule has 1 saturated carbocycles. The fraction of sp³-hybridized carbons (Fsp3) is 0.500. The fourth-order valence-corrected chi connectivity index (χ4v) is 3.50. The van der Waals surface area contributed by atoms with Crippen molar-refractivity contribution < 1.29 is 4.39 Å². The van der Waals surface area contributed by atoms with Gasteiger partial charge in [-0.1, -0.05) is 6.42 Å². The van der Waals surface area contributed by atoms with Crippen LogP contribution < -0.4 is 21.7 Å². The van der Waals surface area contributed by atoms with Crippen LogP contribution in [0.25, 0.3) is 0 Å². The van der Waals surface area contributed by atoms with Crippen LogP contribution in [0.4, 0.5) is 15.8 Å². The molecule has 5 N–H and O–H groups in total. The van der Waals surface area contributed by atoms with Crippen molar-refractivity contribution in [3.05, 3.63) is 24.0 Å². The Labute approximate surface area is 135 Å². The number of hydrogen-bond donors (Lipinski definition) is 3. The van der Waals surface area contributed by atoms with Crippen molar-refractivity contribution in [3.63, 3.8) is 0 Å². The molecule has 2 aliphatic rings. The maximum atomic E-state index is 13.9. The molecule has 1 aliphatic carbocycles. The van der Waals surface area contributed by atoms with Gasteiger partial charge in [-0.25, -0.2) is 9.38 Å². The van der Waals surface area contributed by atoms with E-state index in [1.165, 1.54) is 12.1 Å². The van der Waals surface area contributed by atoms with Crippen molar-refractivity contribution in [2.75, 3.05) is 16.8 Å². The van der Waals surface area contributed by atoms with Crippen molar-refractivity contribution in [3.8, 4) is 0 Å². The third kappa shape index (κ3) is 2.83. The summed E-state index contributed by atoms with van der Waals surface area (Å²) in [5, 5.41) is 3.26. The van der Waals surface area contributed by atoms with Gasteiger partial charge in [0.25, 0.3) is 0 Å². The van der Waals surface area contributed by atoms with Crippen LogP contribution in [-0.4, -0.2) is 24.1 Å². The van der Waals surface area contributed by atoms with Gasteiger partial charge in [-0.15, -0.1) is 0 Å². The van der Waals surface area contributed by atoms with Gasteiger partial charge in [0, 0.05) is 6.54 Å². The lowest BCUT2D eigenvalue weighted by Gasteiger charge is -2.46. The molecule has 6 nitrogen and oxygen atoms in total. The highest BCUT2D eigenvalue weighted by atomic mass is 19.1. The van der Waals surface area contributed by atoms with Gasteiger partial charge in [0.15, 0.2) is 0 Å². The minimum Gasteiger partial charge on any atom is -0.384 e. The Hall–Kier alpha value is -2.31. The van der Waals surface area contributed by atoms with E-state index in [9.17, 15) is 4.39 Å². The number of anilines is 2. The molecule has 1 aliphatic heterocycles. The van der Waals surface area contributed by atoms with Crippen LogP contribution in [0, 0.1) is 5.82 Å². The molecular weight excluding hydrogens is 295 g/mol. The van der Waals surface area contributed by atoms with Crippen LogP contribution in [0.15, 0.2) is 28.2 Å². The van der Waals surface area contributed by atoms with Crippen molar-refractivity contribution in [1.29, 1.82) is 0 Å². The summed E-state index contributed by atoms with van der Waals surface area (Å²) in [5.41, 5.74) is 13.0. The summed E-state index contributed by atoms with van der Waals surface area (Å²) in [7, 11) is 0. The highest BCUT2D eigenvalue weighted by Crippen LogP contribution is 2.42. The predicted molar refractivity (Wildman–Crippen MR) is 92.1 cm³/mol. The fourth-order valence-electron chi connectivity index (χ4n) is 3.50. The van der Waals surface area contributed by atoms with Crippen molar-refractivity contribution in [2.24, 2.45) is 21.5 Å². The molecule has 1 aromatic carbocycles. The van der Waals surface area contributed by atoms with Gasteiger partial charge in [0.05, 0.1) is 11.4 Å². The highest BCUT2D eigenvalue weighted by molar-refractivity contribution is 6.07. The van der Waals surface area contributed by atoms with Crippen LogP contribution in [0.3, 0.4) is 0 Å². The third-order valence-electron chi connectivity index (χ3n) is 4.42. The summed E-state index contributed by atoms with van der Waals surface area (Å²) in [6.45, 7) is 2.72. The van der Waals surface area contributed by atoms with Crippen molar-refractivity contribution in [1.82, 2.24) is 0 Å². The van der Waals surface area contributed by atoms with E-state index >= 15 is 0 Å². The van der Waals surface area contributed by atoms with Gasteiger partial charge < -0.3 is 16.8 Å². The molecule has 1 fully saturated rings. The molecule has 0 bridgehead atoms. The lowest BCUT2D eigenvalue weighted by atomic mass is 9.87. The maximum Gasteiger partial charge on any atom is 0.220 e. The number of rotatable bonds is 3. The minimum absolute atomic E-state index is 0.196. The topological polar surface area (TPSA) is 92.0 Å². The number of benzene rings is 1. The first-order chi connectivity index (χ1) is 11.1. The lowest BCUT2D eigenvalue weighted by Crippen LogP contribution is -2.58. The summed E-state index contributed by atoms with van der Waals surface area (Å²) in [6.07, 6.45) is 4.88. The predicted octanol–water partition coefficient (Wildman–Crippen LogP) is 2.37. The first-order valence-corrected chi connectivity index (χ1v) is 8.09. The molecule has 0 amide bonds. The summed E-state index contributed by atoms with van der Waals surface area (Å²) >= 11 is 0. The second-order valence-electron chi connectivity index (χ2n) is 6.01. The number of nitrogens with zero attached hydrogens (tertiary/aromatic N) is 3. The minimum atomic E-state index is -0.563. The summed E-state index contributed by atoms with van der Waals surface area (Å²) in [6, 6.07) is 4.64. The Morgan fingerprint density at radius 3 is 2.70 bits per heavy atom. The monoisotopic (exact) mass is 318 g/mol. The van der Waals surface area contributed by atoms with E-state index in [0.717, 1.165) is 44.3 Å². The molecule has 1 heterocycles. The molecule has 0 saturated heterocycles. The van der Waals surface area contributed by atoms with Gasteiger partial charge >= 0.3 is 0 Å². The average Bonchev–Trinajstić information content (AvgIpc) is 2.50. The van der Waals surface area contributed by atoms with E-state index in [-0.39, 0.29) is 17.7 Å². The number of halogens is 1. The van der Waals surface area contributed by atoms with Crippen LogP contribution in [0.2, 0.25) is 0 Å². The number of guanidine groups is 2. The molecule has 7 heteroatoms. The molecular formula is C16H23FN6. The van der Waals surface area contributed by atoms with E-state index in [0.29, 0.717) is 5.69 Å². The highest BCUT2D eigenvalue weighted by Gasteiger charge is 2.43. The number of hydrogen-bond acceptors (Lipinski definition) is 6. The van der Waals surface area contributed by atoms with Crippen LogP contribution in [0.5, 0.6) is 0 Å². The first kappa shape index (κ1) is 15.6. The van der Waals surface area contributed by atoms with E-state index in [1.807, 2.05) is 11.8 Å². The molecule has 23 heavy (non-hydrogen) atoms. The molecule has 124 valence electrons. The standard InChI is InChI=1S/C16H23FN6/c1-2-20-12-7-6-11(17)10-13(12)23-15(19)21-14(18)22-16(23)8-4-3-5-9-16/h6-7,10,20H,2-5,8-9H2,1H3,(H4,18,19,21,22). The Morgan fingerprint density at radius 2 is 2.00 bits per heavy atom. The zero-order chi connectivity index (χ0) is 16.4. The summed E-state index contributed by atoms with van der Waals surface area (Å²) in [5.74, 6) is 0.147. The van der Waals surface area contributed by atoms with Crippen LogP contribution in [0.1, 0.15) is 39.0 Å². The molecule has 3 rings (SSSR count). The van der Waals surface area contributed by atoms with Gasteiger partial charge in [0.2, 0.25) is 11.9 Å². The molecule has 1 aromatic rings. The van der Waals surface area contributed by atoms with Gasteiger partial charge in [-0.3, -0.25) is 4.90 Å². The Morgan fingerprint density at radius 1 is 1.26 bits per heavy atom. The summed E-state index contributed by atoms with van der Waals surface area (Å²) in [4.78, 5) is 10.6. The van der Waals surface area contributed by atoms with E-state index in [4.69, 9.17) is 11.5 Å². The van der Waals surface area contributed by atoms with Gasteiger partial charge in [-0.05, 0) is 50.8 Å². The maximum absolute atomic E-state index is 13.9. The van der Waals surface area contributed by atoms with Crippen molar-refractivity contribution in [2.45, 2.75) is 44.7 Å². The third-order valence-corrected chi connectivity index (χ3v) is 4.42. The Kier molecular flexibility index (Phi) is 4.11. The lowest BCUT2D eigenvalue weighted by molar-refractivity contribution is 0.305. The zero-order valence-electron chi connectivity index (χ0n) is 13.3. The van der Waals surface area contributed by atoms with E-state index in [2.05, 4.69) is 15.3 Å². The molecule has 1 spiro atoms. The average molecular weight is 318 g/mol. The first-order valence-electron chi connectivity index (χ1n) is 8.09. The van der Waals surface area contributed by atoms with E-state index < -0.39 is 5.66 Å². The number of aliphatic imine (C=N–C) groups is 2. The molecule has 0 atom stereocenters. The molecule has 0 unspecified atom stereocenters. The SMILES string of the molecule is CCNc1ccc(F)cc1N1C(N)=NC(N)=NC12CCCCC2. The second kappa shape index (κ2) is 6.06. The normalized spacial score (nSPS) is 20.2. The number of nitrogens with one attached hydrogen (secondary N) is 1. The quantitative estimate of drug-likeness (QED) is 0.798.